The maximum Gasteiger partial charge on any atom is 0.208 e. The number of aromatic nitrogens is 3. The van der Waals surface area contributed by atoms with Crippen molar-refractivity contribution in [2.24, 2.45) is 12.2 Å². The van der Waals surface area contributed by atoms with E-state index in [1.807, 2.05) is 35.9 Å². The molecule has 0 spiro atoms. The Labute approximate surface area is 168 Å². The number of nitrogens with zero attached hydrogens (tertiary/aromatic N) is 4. The van der Waals surface area contributed by atoms with Gasteiger partial charge in [-0.2, -0.15) is 0 Å². The van der Waals surface area contributed by atoms with Crippen LogP contribution in [0.5, 0.6) is 11.5 Å². The van der Waals surface area contributed by atoms with E-state index in [-0.39, 0.29) is 0 Å². The molecule has 0 fully saturated rings. The van der Waals surface area contributed by atoms with Crippen molar-refractivity contribution < 1.29 is 9.94 Å². The van der Waals surface area contributed by atoms with Crippen molar-refractivity contribution >= 4 is 28.9 Å². The maximum absolute atomic E-state index is 8.65. The standard InChI is InChI=1S/C22H21N5O2/c1-14-4-5-16(10-15(14)2)25-22-26-20-12-18(6-7-21(20)27(22)3)29-19-8-9-23-17(11-19)13-24-28/h4-13,28H,1-3H3,(H,25,26). The van der Waals surface area contributed by atoms with Crippen LogP contribution in [0, 0.1) is 13.8 Å². The molecule has 2 heterocycles. The molecule has 0 unspecified atom stereocenters. The third-order valence-corrected chi connectivity index (χ3v) is 4.79. The summed E-state index contributed by atoms with van der Waals surface area (Å²) < 4.78 is 7.93. The van der Waals surface area contributed by atoms with Gasteiger partial charge in [-0.25, -0.2) is 4.98 Å². The van der Waals surface area contributed by atoms with E-state index < -0.39 is 0 Å². The van der Waals surface area contributed by atoms with Crippen molar-refractivity contribution in [1.29, 1.82) is 0 Å². The summed E-state index contributed by atoms with van der Waals surface area (Å²) in [7, 11) is 1.97. The Bertz CT molecular complexity index is 1210. The number of imidazole rings is 1. The van der Waals surface area contributed by atoms with E-state index >= 15 is 0 Å². The molecule has 7 nitrogen and oxygen atoms in total. The first-order valence-corrected chi connectivity index (χ1v) is 9.15. The number of benzene rings is 2. The van der Waals surface area contributed by atoms with Gasteiger partial charge in [-0.3, -0.25) is 4.98 Å². The topological polar surface area (TPSA) is 84.6 Å². The average molecular weight is 387 g/mol. The van der Waals surface area contributed by atoms with Crippen LogP contribution in [-0.4, -0.2) is 26.0 Å². The molecule has 0 aliphatic rings. The van der Waals surface area contributed by atoms with Gasteiger partial charge in [-0.05, 0) is 55.3 Å². The molecular formula is C22H21N5O2. The van der Waals surface area contributed by atoms with Crippen molar-refractivity contribution in [3.8, 4) is 11.5 Å². The molecule has 2 N–H and O–H groups in total. The van der Waals surface area contributed by atoms with Crippen LogP contribution in [0.3, 0.4) is 0 Å². The number of anilines is 2. The van der Waals surface area contributed by atoms with Gasteiger partial charge in [0.05, 0.1) is 22.9 Å². The second kappa shape index (κ2) is 7.63. The molecule has 0 bridgehead atoms. The van der Waals surface area contributed by atoms with Crippen LogP contribution in [0.15, 0.2) is 59.9 Å². The lowest BCUT2D eigenvalue weighted by Crippen LogP contribution is -1.99. The highest BCUT2D eigenvalue weighted by molar-refractivity contribution is 5.81. The number of hydrogen-bond acceptors (Lipinski definition) is 6. The normalized spacial score (nSPS) is 11.3. The summed E-state index contributed by atoms with van der Waals surface area (Å²) in [6.45, 7) is 4.19. The third kappa shape index (κ3) is 3.89. The Morgan fingerprint density at radius 1 is 1.03 bits per heavy atom. The molecular weight excluding hydrogens is 366 g/mol. The summed E-state index contributed by atoms with van der Waals surface area (Å²) in [6, 6.07) is 15.4. The summed E-state index contributed by atoms with van der Waals surface area (Å²) in [4.78, 5) is 8.79. The van der Waals surface area contributed by atoms with E-state index in [1.165, 1.54) is 17.3 Å². The van der Waals surface area contributed by atoms with Crippen molar-refractivity contribution in [2.45, 2.75) is 13.8 Å². The van der Waals surface area contributed by atoms with Gasteiger partial charge >= 0.3 is 0 Å². The van der Waals surface area contributed by atoms with Crippen molar-refractivity contribution in [1.82, 2.24) is 14.5 Å². The van der Waals surface area contributed by atoms with Gasteiger partial charge in [0.15, 0.2) is 0 Å². The van der Waals surface area contributed by atoms with Crippen molar-refractivity contribution in [3.63, 3.8) is 0 Å². The highest BCUT2D eigenvalue weighted by Gasteiger charge is 2.10. The number of aryl methyl sites for hydroxylation is 3. The molecule has 7 heteroatoms. The molecule has 2 aromatic heterocycles. The summed E-state index contributed by atoms with van der Waals surface area (Å²) >= 11 is 0. The Balaban J connectivity index is 1.61. The Morgan fingerprint density at radius 2 is 1.86 bits per heavy atom. The van der Waals surface area contributed by atoms with Gasteiger partial charge in [0.2, 0.25) is 5.95 Å². The fourth-order valence-electron chi connectivity index (χ4n) is 3.06. The fourth-order valence-corrected chi connectivity index (χ4v) is 3.06. The minimum Gasteiger partial charge on any atom is -0.457 e. The molecule has 29 heavy (non-hydrogen) atoms. The van der Waals surface area contributed by atoms with Gasteiger partial charge in [0.25, 0.3) is 0 Å². The molecule has 0 aliphatic heterocycles. The summed E-state index contributed by atoms with van der Waals surface area (Å²) in [6.07, 6.45) is 2.84. The van der Waals surface area contributed by atoms with E-state index in [0.717, 1.165) is 22.7 Å². The third-order valence-electron chi connectivity index (χ3n) is 4.79. The molecule has 0 aliphatic carbocycles. The van der Waals surface area contributed by atoms with E-state index in [9.17, 15) is 0 Å². The van der Waals surface area contributed by atoms with Crippen LogP contribution < -0.4 is 10.1 Å². The van der Waals surface area contributed by atoms with E-state index in [2.05, 4.69) is 41.4 Å². The average Bonchev–Trinajstić information content (AvgIpc) is 3.00. The number of nitrogens with one attached hydrogen (secondary N) is 1. The van der Waals surface area contributed by atoms with Gasteiger partial charge in [0, 0.05) is 31.1 Å². The van der Waals surface area contributed by atoms with Crippen LogP contribution in [0.4, 0.5) is 11.6 Å². The molecule has 0 saturated carbocycles. The first-order chi connectivity index (χ1) is 14.0. The Hall–Kier alpha value is -3.87. The zero-order valence-corrected chi connectivity index (χ0v) is 16.4. The highest BCUT2D eigenvalue weighted by Crippen LogP contribution is 2.28. The second-order valence-corrected chi connectivity index (χ2v) is 6.83. The maximum atomic E-state index is 8.65. The molecule has 0 radical (unpaired) electrons. The number of oxime groups is 1. The number of hydrogen-bond donors (Lipinski definition) is 2. The number of ether oxygens (including phenoxy) is 1. The predicted octanol–water partition coefficient (Wildman–Crippen LogP) is 4.93. The van der Waals surface area contributed by atoms with Crippen molar-refractivity contribution in [3.05, 3.63) is 71.5 Å². The van der Waals surface area contributed by atoms with Gasteiger partial charge in [-0.15, -0.1) is 0 Å². The first-order valence-electron chi connectivity index (χ1n) is 9.15. The lowest BCUT2D eigenvalue weighted by Gasteiger charge is -2.08. The molecule has 0 saturated heterocycles. The highest BCUT2D eigenvalue weighted by atomic mass is 16.5. The van der Waals surface area contributed by atoms with Gasteiger partial charge < -0.3 is 19.8 Å². The molecule has 0 atom stereocenters. The Morgan fingerprint density at radius 3 is 2.66 bits per heavy atom. The minimum atomic E-state index is 0.504. The molecule has 4 rings (SSSR count). The smallest absolute Gasteiger partial charge is 0.208 e. The van der Waals surface area contributed by atoms with Crippen LogP contribution in [0.2, 0.25) is 0 Å². The Kier molecular flexibility index (Phi) is 4.87. The van der Waals surface area contributed by atoms with Crippen LogP contribution in [0.1, 0.15) is 16.8 Å². The van der Waals surface area contributed by atoms with E-state index in [1.54, 1.807) is 18.3 Å². The first kappa shape index (κ1) is 18.5. The zero-order chi connectivity index (χ0) is 20.4. The SMILES string of the molecule is Cc1ccc(Nc2nc3cc(Oc4ccnc(C=NO)c4)ccc3n2C)cc1C. The minimum absolute atomic E-state index is 0.504. The summed E-state index contributed by atoms with van der Waals surface area (Å²) in [5.41, 5.74) is 5.80. The summed E-state index contributed by atoms with van der Waals surface area (Å²) in [5, 5.41) is 15.0. The lowest BCUT2D eigenvalue weighted by molar-refractivity contribution is 0.321. The van der Waals surface area contributed by atoms with Gasteiger partial charge in [-0.1, -0.05) is 11.2 Å². The van der Waals surface area contributed by atoms with E-state index in [4.69, 9.17) is 14.9 Å². The van der Waals surface area contributed by atoms with Crippen LogP contribution in [0.25, 0.3) is 11.0 Å². The predicted molar refractivity (Wildman–Crippen MR) is 114 cm³/mol. The number of rotatable bonds is 5. The monoisotopic (exact) mass is 387 g/mol. The lowest BCUT2D eigenvalue weighted by atomic mass is 10.1. The molecule has 4 aromatic rings. The molecule has 0 amide bonds. The van der Waals surface area contributed by atoms with Crippen LogP contribution in [-0.2, 0) is 7.05 Å². The van der Waals surface area contributed by atoms with Gasteiger partial charge in [0.1, 0.15) is 11.5 Å². The molecule has 146 valence electrons. The van der Waals surface area contributed by atoms with E-state index in [0.29, 0.717) is 17.2 Å². The van der Waals surface area contributed by atoms with Crippen molar-refractivity contribution in [2.75, 3.05) is 5.32 Å². The summed E-state index contributed by atoms with van der Waals surface area (Å²) in [5.74, 6) is 2.01. The zero-order valence-electron chi connectivity index (χ0n) is 16.4. The largest absolute Gasteiger partial charge is 0.457 e. The number of fused-ring (bicyclic) bond motifs is 1. The molecule has 2 aromatic carbocycles. The van der Waals surface area contributed by atoms with Crippen LogP contribution >= 0.6 is 0 Å². The fraction of sp³-hybridized carbons (Fsp3) is 0.136. The second-order valence-electron chi connectivity index (χ2n) is 6.83. The number of pyridine rings is 1. The quantitative estimate of drug-likeness (QED) is 0.288.